The van der Waals surface area contributed by atoms with Crippen molar-refractivity contribution in [1.29, 1.82) is 0 Å². The molecule has 1 rings (SSSR count). The first-order chi connectivity index (χ1) is 6.79. The van der Waals surface area contributed by atoms with Crippen molar-refractivity contribution >= 4 is 0 Å². The first-order valence-corrected chi connectivity index (χ1v) is 5.98. The number of rotatable bonds is 3. The lowest BCUT2D eigenvalue weighted by molar-refractivity contribution is -0.0670. The minimum Gasteiger partial charge on any atom is -0.304 e. The van der Waals surface area contributed by atoms with E-state index in [0.717, 1.165) is 6.54 Å². The minimum atomic E-state index is 0.466. The maximum atomic E-state index is 3.33. The Hall–Kier alpha value is -0.120. The molecule has 0 aliphatic carbocycles. The average molecular weight is 199 g/mol. The summed E-state index contributed by atoms with van der Waals surface area (Å²) in [4.78, 5) is 0. The summed E-state index contributed by atoms with van der Waals surface area (Å²) in [5.74, 6) is 0. The van der Waals surface area contributed by atoms with Gasteiger partial charge in [-0.15, -0.1) is 0 Å². The Kier molecular flexibility index (Phi) is 5.45. The lowest BCUT2D eigenvalue weighted by Gasteiger charge is -2.39. The van der Waals surface area contributed by atoms with Gasteiger partial charge in [0.25, 0.3) is 0 Å². The lowest BCUT2D eigenvalue weighted by atomic mass is 10.1. The highest BCUT2D eigenvalue weighted by Crippen LogP contribution is 2.12. The molecule has 1 unspecified atom stereocenters. The molecule has 14 heavy (non-hydrogen) atoms. The van der Waals surface area contributed by atoms with Crippen molar-refractivity contribution in [2.75, 3.05) is 26.7 Å². The highest BCUT2D eigenvalue weighted by atomic mass is 15.7. The van der Waals surface area contributed by atoms with Gasteiger partial charge in [0.15, 0.2) is 0 Å². The van der Waals surface area contributed by atoms with Crippen LogP contribution >= 0.6 is 0 Å². The Labute approximate surface area is 88.4 Å². The van der Waals surface area contributed by atoms with E-state index in [9.17, 15) is 0 Å². The second-order valence-electron chi connectivity index (χ2n) is 4.09. The van der Waals surface area contributed by atoms with Crippen molar-refractivity contribution in [2.24, 2.45) is 0 Å². The summed E-state index contributed by atoms with van der Waals surface area (Å²) in [6.45, 7) is 8.05. The molecule has 1 fully saturated rings. The molecule has 0 amide bonds. The Morgan fingerprint density at radius 1 is 1.14 bits per heavy atom. The zero-order valence-electron chi connectivity index (χ0n) is 9.92. The van der Waals surface area contributed by atoms with Gasteiger partial charge < -0.3 is 5.32 Å². The van der Waals surface area contributed by atoms with Crippen LogP contribution in [-0.2, 0) is 0 Å². The number of nitrogens with one attached hydrogen (secondary N) is 1. The third-order valence-corrected chi connectivity index (χ3v) is 3.15. The third kappa shape index (κ3) is 3.23. The zero-order valence-corrected chi connectivity index (χ0v) is 9.92. The number of hydrogen-bond acceptors (Lipinski definition) is 3. The van der Waals surface area contributed by atoms with E-state index in [0.29, 0.717) is 6.17 Å². The van der Waals surface area contributed by atoms with Gasteiger partial charge in [-0.1, -0.05) is 19.8 Å². The van der Waals surface area contributed by atoms with Gasteiger partial charge in [-0.05, 0) is 26.8 Å². The van der Waals surface area contributed by atoms with Gasteiger partial charge in [-0.2, -0.15) is 0 Å². The van der Waals surface area contributed by atoms with Crippen LogP contribution in [0.3, 0.4) is 0 Å². The maximum Gasteiger partial charge on any atom is 0.0704 e. The van der Waals surface area contributed by atoms with E-state index >= 15 is 0 Å². The van der Waals surface area contributed by atoms with Gasteiger partial charge in [-0.3, -0.25) is 0 Å². The second-order valence-corrected chi connectivity index (χ2v) is 4.09. The highest BCUT2D eigenvalue weighted by Gasteiger charge is 2.19. The Morgan fingerprint density at radius 3 is 2.36 bits per heavy atom. The van der Waals surface area contributed by atoms with E-state index < -0.39 is 0 Å². The van der Waals surface area contributed by atoms with Crippen LogP contribution in [0.4, 0.5) is 0 Å². The fourth-order valence-corrected chi connectivity index (χ4v) is 2.12. The first kappa shape index (κ1) is 12.0. The topological polar surface area (TPSA) is 18.5 Å². The van der Waals surface area contributed by atoms with Crippen molar-refractivity contribution < 1.29 is 0 Å². The van der Waals surface area contributed by atoms with Gasteiger partial charge >= 0.3 is 0 Å². The standard InChI is InChI=1S/C11H25N3/c1-4-13-9-7-5-6-8-10-14(13)11(2)12-3/h11-12H,4-10H2,1-3H3. The summed E-state index contributed by atoms with van der Waals surface area (Å²) in [6, 6.07) is 0. The molecule has 3 heteroatoms. The predicted octanol–water partition coefficient (Wildman–Crippen LogP) is 1.66. The van der Waals surface area contributed by atoms with Crippen molar-refractivity contribution in [1.82, 2.24) is 15.3 Å². The van der Waals surface area contributed by atoms with E-state index in [-0.39, 0.29) is 0 Å². The fraction of sp³-hybridized carbons (Fsp3) is 1.00. The molecule has 0 saturated carbocycles. The van der Waals surface area contributed by atoms with Gasteiger partial charge in [-0.25, -0.2) is 10.0 Å². The Balaban J connectivity index is 2.53. The lowest BCUT2D eigenvalue weighted by Crippen LogP contribution is -2.53. The van der Waals surface area contributed by atoms with Crippen LogP contribution in [0.1, 0.15) is 39.5 Å². The van der Waals surface area contributed by atoms with Crippen LogP contribution in [0.2, 0.25) is 0 Å². The summed E-state index contributed by atoms with van der Waals surface area (Å²) in [7, 11) is 2.04. The molecule has 1 saturated heterocycles. The quantitative estimate of drug-likeness (QED) is 0.746. The molecule has 0 aromatic heterocycles. The van der Waals surface area contributed by atoms with Crippen LogP contribution in [0, 0.1) is 0 Å². The summed E-state index contributed by atoms with van der Waals surface area (Å²) >= 11 is 0. The monoisotopic (exact) mass is 199 g/mol. The molecule has 3 nitrogen and oxygen atoms in total. The van der Waals surface area contributed by atoms with Crippen molar-refractivity contribution in [3.05, 3.63) is 0 Å². The molecule has 84 valence electrons. The molecule has 1 N–H and O–H groups in total. The Morgan fingerprint density at radius 2 is 1.79 bits per heavy atom. The van der Waals surface area contributed by atoms with Gasteiger partial charge in [0.1, 0.15) is 0 Å². The largest absolute Gasteiger partial charge is 0.304 e. The smallest absolute Gasteiger partial charge is 0.0704 e. The molecule has 1 heterocycles. The van der Waals surface area contributed by atoms with Gasteiger partial charge in [0, 0.05) is 19.6 Å². The predicted molar refractivity (Wildman–Crippen MR) is 60.9 cm³/mol. The summed E-state index contributed by atoms with van der Waals surface area (Å²) in [6.07, 6.45) is 5.94. The number of hydrazine groups is 1. The van der Waals surface area contributed by atoms with Crippen LogP contribution in [0.15, 0.2) is 0 Å². The van der Waals surface area contributed by atoms with Gasteiger partial charge in [0.05, 0.1) is 6.17 Å². The molecule has 0 aromatic carbocycles. The maximum absolute atomic E-state index is 3.33. The summed E-state index contributed by atoms with van der Waals surface area (Å²) < 4.78 is 0. The van der Waals surface area contributed by atoms with Crippen molar-refractivity contribution in [2.45, 2.75) is 45.7 Å². The van der Waals surface area contributed by atoms with E-state index in [1.54, 1.807) is 0 Å². The molecule has 1 atom stereocenters. The van der Waals surface area contributed by atoms with Crippen LogP contribution < -0.4 is 5.32 Å². The first-order valence-electron chi connectivity index (χ1n) is 5.98. The normalized spacial score (nSPS) is 24.2. The van der Waals surface area contributed by atoms with Crippen molar-refractivity contribution in [3.63, 3.8) is 0 Å². The zero-order chi connectivity index (χ0) is 10.4. The molecule has 0 bridgehead atoms. The molecule has 0 radical (unpaired) electrons. The van der Waals surface area contributed by atoms with E-state index in [2.05, 4.69) is 29.2 Å². The number of nitrogens with zero attached hydrogens (tertiary/aromatic N) is 2. The third-order valence-electron chi connectivity index (χ3n) is 3.15. The van der Waals surface area contributed by atoms with Crippen LogP contribution in [0.5, 0.6) is 0 Å². The minimum absolute atomic E-state index is 0.466. The fourth-order valence-electron chi connectivity index (χ4n) is 2.12. The summed E-state index contributed by atoms with van der Waals surface area (Å²) in [5.41, 5.74) is 0. The Bertz CT molecular complexity index is 149. The number of hydrogen-bond donors (Lipinski definition) is 1. The summed E-state index contributed by atoms with van der Waals surface area (Å²) in [5, 5.41) is 8.30. The van der Waals surface area contributed by atoms with E-state index in [4.69, 9.17) is 0 Å². The van der Waals surface area contributed by atoms with Crippen molar-refractivity contribution in [3.8, 4) is 0 Å². The molecular weight excluding hydrogens is 174 g/mol. The van der Waals surface area contributed by atoms with Crippen LogP contribution in [0.25, 0.3) is 0 Å². The highest BCUT2D eigenvalue weighted by molar-refractivity contribution is 4.66. The molecule has 1 aliphatic heterocycles. The second kappa shape index (κ2) is 6.38. The van der Waals surface area contributed by atoms with E-state index in [1.807, 2.05) is 7.05 Å². The molecule has 1 aliphatic rings. The SMILES string of the molecule is CCN1CCCCCCN1C(C)NC. The molecule has 0 aromatic rings. The van der Waals surface area contributed by atoms with Crippen LogP contribution in [-0.4, -0.2) is 42.9 Å². The molecule has 0 spiro atoms. The van der Waals surface area contributed by atoms with E-state index in [1.165, 1.54) is 38.8 Å². The molecular formula is C11H25N3. The van der Waals surface area contributed by atoms with Gasteiger partial charge in [0.2, 0.25) is 0 Å². The average Bonchev–Trinajstić information content (AvgIpc) is 2.17.